The number of hydrogen-bond acceptors (Lipinski definition) is 4. The minimum Gasteiger partial charge on any atom is -0.325 e. The lowest BCUT2D eigenvalue weighted by atomic mass is 10.0. The molecule has 0 bridgehead atoms. The van der Waals surface area contributed by atoms with Gasteiger partial charge in [-0.3, -0.25) is 9.59 Å². The molecule has 8 heteroatoms. The second-order valence-corrected chi connectivity index (χ2v) is 9.09. The van der Waals surface area contributed by atoms with E-state index in [9.17, 15) is 22.4 Å². The maximum atomic E-state index is 13.0. The number of halogens is 1. The van der Waals surface area contributed by atoms with Crippen molar-refractivity contribution in [1.29, 1.82) is 0 Å². The van der Waals surface area contributed by atoms with Crippen molar-refractivity contribution in [2.45, 2.75) is 18.2 Å². The van der Waals surface area contributed by atoms with Crippen molar-refractivity contribution in [2.75, 3.05) is 22.5 Å². The average molecular weight is 426 g/mol. The molecule has 4 rings (SSSR count). The van der Waals surface area contributed by atoms with Gasteiger partial charge in [0, 0.05) is 35.0 Å². The van der Waals surface area contributed by atoms with Crippen molar-refractivity contribution >= 4 is 43.8 Å². The Morgan fingerprint density at radius 1 is 1.07 bits per heavy atom. The molecule has 1 aliphatic rings. The van der Waals surface area contributed by atoms with Gasteiger partial charge in [-0.1, -0.05) is 12.1 Å². The number of amides is 2. The van der Waals surface area contributed by atoms with Crippen molar-refractivity contribution in [3.63, 3.8) is 0 Å². The Morgan fingerprint density at radius 2 is 1.80 bits per heavy atom. The van der Waals surface area contributed by atoms with E-state index in [1.54, 1.807) is 29.2 Å². The van der Waals surface area contributed by atoms with Crippen LogP contribution in [0.3, 0.4) is 0 Å². The summed E-state index contributed by atoms with van der Waals surface area (Å²) in [7, 11) is -3.71. The summed E-state index contributed by atoms with van der Waals surface area (Å²) in [6, 6.07) is 13.3. The Morgan fingerprint density at radius 3 is 2.50 bits per heavy atom. The second-order valence-electron chi connectivity index (χ2n) is 6.98. The van der Waals surface area contributed by atoms with Crippen LogP contribution in [0.2, 0.25) is 0 Å². The van der Waals surface area contributed by atoms with Crippen LogP contribution in [-0.2, 0) is 14.6 Å². The zero-order valence-corrected chi connectivity index (χ0v) is 17.0. The largest absolute Gasteiger partial charge is 0.325 e. The summed E-state index contributed by atoms with van der Waals surface area (Å²) in [5.41, 5.74) is 1.90. The van der Waals surface area contributed by atoms with E-state index in [1.807, 2.05) is 13.0 Å². The summed E-state index contributed by atoms with van der Waals surface area (Å²) in [5.74, 6) is -1.46. The first kappa shape index (κ1) is 20.0. The number of benzene rings is 3. The van der Waals surface area contributed by atoms with Crippen molar-refractivity contribution in [3.05, 3.63) is 66.0 Å². The van der Waals surface area contributed by atoms with Gasteiger partial charge in [-0.05, 0) is 49.4 Å². The number of nitrogens with one attached hydrogen (secondary N) is 1. The van der Waals surface area contributed by atoms with Crippen molar-refractivity contribution < 1.29 is 22.4 Å². The van der Waals surface area contributed by atoms with Gasteiger partial charge in [-0.15, -0.1) is 0 Å². The molecule has 0 aromatic heterocycles. The van der Waals surface area contributed by atoms with E-state index in [0.29, 0.717) is 17.8 Å². The predicted octanol–water partition coefficient (Wildman–Crippen LogP) is 3.76. The van der Waals surface area contributed by atoms with Crippen molar-refractivity contribution in [1.82, 2.24) is 0 Å². The Kier molecular flexibility index (Phi) is 5.03. The molecule has 154 valence electrons. The Bertz CT molecular complexity index is 1270. The predicted molar refractivity (Wildman–Crippen MR) is 113 cm³/mol. The molecule has 0 fully saturated rings. The molecule has 1 heterocycles. The third-order valence-corrected chi connectivity index (χ3v) is 6.88. The molecular weight excluding hydrogens is 407 g/mol. The molecule has 2 amide bonds. The Hall–Kier alpha value is -3.26. The summed E-state index contributed by atoms with van der Waals surface area (Å²) >= 11 is 0. The van der Waals surface area contributed by atoms with Gasteiger partial charge in [-0.2, -0.15) is 0 Å². The van der Waals surface area contributed by atoms with Crippen LogP contribution in [0.5, 0.6) is 0 Å². The molecule has 0 saturated carbocycles. The molecule has 0 radical (unpaired) electrons. The lowest BCUT2D eigenvalue weighted by Gasteiger charge is -2.15. The first-order chi connectivity index (χ1) is 14.3. The van der Waals surface area contributed by atoms with E-state index >= 15 is 0 Å². The van der Waals surface area contributed by atoms with E-state index in [1.165, 1.54) is 12.1 Å². The van der Waals surface area contributed by atoms with Crippen molar-refractivity contribution in [2.24, 2.45) is 0 Å². The van der Waals surface area contributed by atoms with Gasteiger partial charge in [0.25, 0.3) is 5.91 Å². The topological polar surface area (TPSA) is 83.6 Å². The lowest BCUT2D eigenvalue weighted by Crippen LogP contribution is -2.25. The van der Waals surface area contributed by atoms with Gasteiger partial charge in [-0.25, -0.2) is 12.8 Å². The third-order valence-electron chi connectivity index (χ3n) is 5.15. The quantitative estimate of drug-likeness (QED) is 0.609. The van der Waals surface area contributed by atoms with E-state index < -0.39 is 27.3 Å². The number of anilines is 2. The summed E-state index contributed by atoms with van der Waals surface area (Å²) < 4.78 is 37.7. The van der Waals surface area contributed by atoms with Gasteiger partial charge in [0.15, 0.2) is 9.84 Å². The average Bonchev–Trinajstić information content (AvgIpc) is 3.01. The van der Waals surface area contributed by atoms with Crippen LogP contribution in [0.25, 0.3) is 10.8 Å². The SMILES string of the molecule is CCN1C(=O)c2cccc3c(NC(=O)CCS(=O)(=O)c4ccc(F)cc4)ccc1c23. The molecule has 1 N–H and O–H groups in total. The number of carbonyl (C=O) groups excluding carboxylic acids is 2. The summed E-state index contributed by atoms with van der Waals surface area (Å²) in [6.07, 6.45) is -0.247. The fourth-order valence-corrected chi connectivity index (χ4v) is 4.91. The Labute approximate surface area is 173 Å². The molecule has 3 aromatic carbocycles. The van der Waals surface area contributed by atoms with Crippen molar-refractivity contribution in [3.8, 4) is 0 Å². The van der Waals surface area contributed by atoms with E-state index in [4.69, 9.17) is 0 Å². The summed E-state index contributed by atoms with van der Waals surface area (Å²) in [5, 5.41) is 4.26. The first-order valence-corrected chi connectivity index (χ1v) is 11.1. The van der Waals surface area contributed by atoms with Gasteiger partial charge >= 0.3 is 0 Å². The fraction of sp³-hybridized carbons (Fsp3) is 0.182. The highest BCUT2D eigenvalue weighted by atomic mass is 32.2. The molecule has 0 saturated heterocycles. The highest BCUT2D eigenvalue weighted by Crippen LogP contribution is 2.40. The first-order valence-electron chi connectivity index (χ1n) is 9.47. The standard InChI is InChI=1S/C22H19FN2O4S/c1-2-25-19-11-10-18(16-4-3-5-17(21(16)19)22(25)27)24-20(26)12-13-30(28,29)15-8-6-14(23)7-9-15/h3-11H,2,12-13H2,1H3,(H,24,26). The smallest absolute Gasteiger partial charge is 0.258 e. The normalized spacial score (nSPS) is 13.1. The minimum absolute atomic E-state index is 0.0276. The van der Waals surface area contributed by atoms with Crippen LogP contribution in [0.4, 0.5) is 15.8 Å². The van der Waals surface area contributed by atoms with E-state index in [0.717, 1.165) is 28.6 Å². The molecule has 0 atom stereocenters. The molecule has 1 aliphatic heterocycles. The highest BCUT2D eigenvalue weighted by molar-refractivity contribution is 7.91. The maximum Gasteiger partial charge on any atom is 0.258 e. The van der Waals surface area contributed by atoms with Crippen LogP contribution in [0.1, 0.15) is 23.7 Å². The van der Waals surface area contributed by atoms with Gasteiger partial charge < -0.3 is 10.2 Å². The van der Waals surface area contributed by atoms with Gasteiger partial charge in [0.2, 0.25) is 5.91 Å². The van der Waals surface area contributed by atoms with E-state index in [-0.39, 0.29) is 17.2 Å². The highest BCUT2D eigenvalue weighted by Gasteiger charge is 2.29. The maximum absolute atomic E-state index is 13.0. The van der Waals surface area contributed by atoms with Crippen LogP contribution >= 0.6 is 0 Å². The third kappa shape index (κ3) is 3.43. The number of hydrogen-bond donors (Lipinski definition) is 1. The zero-order chi connectivity index (χ0) is 21.5. The van der Waals surface area contributed by atoms with Crippen LogP contribution in [-0.4, -0.2) is 32.5 Å². The summed E-state index contributed by atoms with van der Waals surface area (Å²) in [6.45, 7) is 2.43. The van der Waals surface area contributed by atoms with Gasteiger partial charge in [0.1, 0.15) is 5.82 Å². The van der Waals surface area contributed by atoms with Crippen LogP contribution in [0, 0.1) is 5.82 Å². The van der Waals surface area contributed by atoms with E-state index in [2.05, 4.69) is 5.32 Å². The number of sulfone groups is 1. The number of nitrogens with zero attached hydrogens (tertiary/aromatic N) is 1. The molecule has 0 unspecified atom stereocenters. The minimum atomic E-state index is -3.71. The molecule has 0 spiro atoms. The lowest BCUT2D eigenvalue weighted by molar-refractivity contribution is -0.115. The molecule has 6 nitrogen and oxygen atoms in total. The van der Waals surface area contributed by atoms with Crippen LogP contribution in [0.15, 0.2) is 59.5 Å². The monoisotopic (exact) mass is 426 g/mol. The zero-order valence-electron chi connectivity index (χ0n) is 16.2. The number of carbonyl (C=O) groups is 2. The van der Waals surface area contributed by atoms with Crippen LogP contribution < -0.4 is 10.2 Å². The fourth-order valence-electron chi connectivity index (χ4n) is 3.67. The molecular formula is C22H19FN2O4S. The second kappa shape index (κ2) is 7.53. The molecule has 30 heavy (non-hydrogen) atoms. The Balaban J connectivity index is 1.54. The summed E-state index contributed by atoms with van der Waals surface area (Å²) in [4.78, 5) is 26.7. The number of rotatable bonds is 6. The molecule has 3 aromatic rings. The molecule has 0 aliphatic carbocycles. The van der Waals surface area contributed by atoms with Gasteiger partial charge in [0.05, 0.1) is 16.3 Å².